The molecule has 3 nitrogen and oxygen atoms in total. The van der Waals surface area contributed by atoms with Crippen LogP contribution in [0.2, 0.25) is 0 Å². The lowest BCUT2D eigenvalue weighted by Gasteiger charge is -2.18. The molecule has 1 amide bonds. The van der Waals surface area contributed by atoms with E-state index in [2.05, 4.69) is 27.3 Å². The van der Waals surface area contributed by atoms with Crippen molar-refractivity contribution >= 4 is 21.8 Å². The molecule has 22 heavy (non-hydrogen) atoms. The Bertz CT molecular complexity index is 697. The molecule has 3 N–H and O–H groups in total. The van der Waals surface area contributed by atoms with Crippen molar-refractivity contribution in [1.29, 1.82) is 0 Å². The molecular formula is C18H19BrN2O. The summed E-state index contributed by atoms with van der Waals surface area (Å²) in [6.07, 6.45) is 1.89. The van der Waals surface area contributed by atoms with E-state index in [1.807, 2.05) is 43.3 Å². The van der Waals surface area contributed by atoms with Crippen LogP contribution in [0.1, 0.15) is 40.8 Å². The van der Waals surface area contributed by atoms with Crippen LogP contribution in [-0.2, 0) is 11.2 Å². The van der Waals surface area contributed by atoms with Crippen LogP contribution < -0.4 is 11.1 Å². The molecule has 114 valence electrons. The number of nitrogens with one attached hydrogen (secondary N) is 1. The molecule has 2 aromatic rings. The van der Waals surface area contributed by atoms with Crippen molar-refractivity contribution in [3.63, 3.8) is 0 Å². The normalized spacial score (nSPS) is 17.9. The quantitative estimate of drug-likeness (QED) is 0.881. The van der Waals surface area contributed by atoms with Crippen LogP contribution in [0.5, 0.6) is 0 Å². The molecule has 0 aliphatic heterocycles. The summed E-state index contributed by atoms with van der Waals surface area (Å²) in [4.78, 5) is 12.4. The third kappa shape index (κ3) is 2.94. The van der Waals surface area contributed by atoms with Crippen LogP contribution in [0.4, 0.5) is 0 Å². The van der Waals surface area contributed by atoms with Crippen molar-refractivity contribution in [2.45, 2.75) is 31.8 Å². The SMILES string of the molecule is Cc1ccc(C(N)C(=O)NC2CCc3c(Br)cccc32)cc1. The molecule has 0 radical (unpaired) electrons. The van der Waals surface area contributed by atoms with Crippen molar-refractivity contribution in [1.82, 2.24) is 5.32 Å². The molecule has 3 rings (SSSR count). The first-order chi connectivity index (χ1) is 10.6. The summed E-state index contributed by atoms with van der Waals surface area (Å²) in [7, 11) is 0. The Hall–Kier alpha value is -1.65. The predicted octanol–water partition coefficient (Wildman–Crippen LogP) is 3.56. The van der Waals surface area contributed by atoms with E-state index in [-0.39, 0.29) is 11.9 Å². The number of halogens is 1. The van der Waals surface area contributed by atoms with E-state index in [1.165, 1.54) is 11.1 Å². The number of fused-ring (bicyclic) bond motifs is 1. The summed E-state index contributed by atoms with van der Waals surface area (Å²) < 4.78 is 1.12. The van der Waals surface area contributed by atoms with Crippen LogP contribution in [-0.4, -0.2) is 5.91 Å². The maximum absolute atomic E-state index is 12.4. The molecule has 0 spiro atoms. The average Bonchev–Trinajstić information content (AvgIpc) is 2.92. The zero-order valence-electron chi connectivity index (χ0n) is 12.5. The molecule has 0 saturated heterocycles. The highest BCUT2D eigenvalue weighted by molar-refractivity contribution is 9.10. The highest BCUT2D eigenvalue weighted by atomic mass is 79.9. The summed E-state index contributed by atoms with van der Waals surface area (Å²) in [5.74, 6) is -0.123. The Kier molecular flexibility index (Phi) is 4.32. The third-order valence-corrected chi connectivity index (χ3v) is 4.99. The number of hydrogen-bond donors (Lipinski definition) is 2. The minimum atomic E-state index is -0.628. The molecule has 0 fully saturated rings. The average molecular weight is 359 g/mol. The summed E-state index contributed by atoms with van der Waals surface area (Å²) in [5.41, 5.74) is 10.6. The Morgan fingerprint density at radius 2 is 2.00 bits per heavy atom. The number of carbonyl (C=O) groups is 1. The Morgan fingerprint density at radius 1 is 1.27 bits per heavy atom. The highest BCUT2D eigenvalue weighted by Gasteiger charge is 2.27. The fourth-order valence-electron chi connectivity index (χ4n) is 2.95. The number of hydrogen-bond acceptors (Lipinski definition) is 2. The van der Waals surface area contributed by atoms with Gasteiger partial charge >= 0.3 is 0 Å². The van der Waals surface area contributed by atoms with Crippen molar-refractivity contribution < 1.29 is 4.79 Å². The van der Waals surface area contributed by atoms with Gasteiger partial charge in [0, 0.05) is 4.47 Å². The summed E-state index contributed by atoms with van der Waals surface area (Å²) >= 11 is 3.58. The van der Waals surface area contributed by atoms with Gasteiger partial charge in [0.15, 0.2) is 0 Å². The molecule has 1 aliphatic rings. The van der Waals surface area contributed by atoms with E-state index in [9.17, 15) is 4.79 Å². The first-order valence-corrected chi connectivity index (χ1v) is 8.25. The van der Waals surface area contributed by atoms with Gasteiger partial charge in [-0.05, 0) is 42.5 Å². The van der Waals surface area contributed by atoms with E-state index in [4.69, 9.17) is 5.73 Å². The molecule has 0 heterocycles. The Morgan fingerprint density at radius 3 is 2.73 bits per heavy atom. The van der Waals surface area contributed by atoms with Gasteiger partial charge in [-0.3, -0.25) is 4.79 Å². The van der Waals surface area contributed by atoms with E-state index >= 15 is 0 Å². The van der Waals surface area contributed by atoms with E-state index in [0.717, 1.165) is 28.4 Å². The molecule has 2 aromatic carbocycles. The van der Waals surface area contributed by atoms with Gasteiger partial charge in [-0.2, -0.15) is 0 Å². The number of carbonyl (C=O) groups excluding carboxylic acids is 1. The Balaban J connectivity index is 1.73. The number of aryl methyl sites for hydroxylation is 1. The molecular weight excluding hydrogens is 340 g/mol. The van der Waals surface area contributed by atoms with Crippen LogP contribution in [0.15, 0.2) is 46.9 Å². The first kappa shape index (κ1) is 15.3. The second-order valence-electron chi connectivity index (χ2n) is 5.80. The van der Waals surface area contributed by atoms with E-state index in [0.29, 0.717) is 0 Å². The zero-order valence-corrected chi connectivity index (χ0v) is 14.1. The van der Waals surface area contributed by atoms with Crippen LogP contribution in [0, 0.1) is 6.92 Å². The first-order valence-electron chi connectivity index (χ1n) is 7.46. The lowest BCUT2D eigenvalue weighted by Crippen LogP contribution is -2.36. The lowest BCUT2D eigenvalue weighted by molar-refractivity contribution is -0.123. The molecule has 2 atom stereocenters. The van der Waals surface area contributed by atoms with Gasteiger partial charge in [0.1, 0.15) is 6.04 Å². The van der Waals surface area contributed by atoms with E-state index in [1.54, 1.807) is 0 Å². The van der Waals surface area contributed by atoms with Crippen LogP contribution in [0.3, 0.4) is 0 Å². The van der Waals surface area contributed by atoms with Gasteiger partial charge in [0.05, 0.1) is 6.04 Å². The second-order valence-corrected chi connectivity index (χ2v) is 6.65. The van der Waals surface area contributed by atoms with E-state index < -0.39 is 6.04 Å². The zero-order chi connectivity index (χ0) is 15.7. The number of nitrogens with two attached hydrogens (primary N) is 1. The predicted molar refractivity (Wildman–Crippen MR) is 91.5 cm³/mol. The second kappa shape index (κ2) is 6.23. The van der Waals surface area contributed by atoms with Gasteiger partial charge in [-0.1, -0.05) is 57.9 Å². The third-order valence-electron chi connectivity index (χ3n) is 4.25. The van der Waals surface area contributed by atoms with Crippen molar-refractivity contribution in [3.05, 3.63) is 69.2 Å². The lowest BCUT2D eigenvalue weighted by atomic mass is 10.0. The molecule has 0 saturated carbocycles. The highest BCUT2D eigenvalue weighted by Crippen LogP contribution is 2.35. The van der Waals surface area contributed by atoms with Crippen molar-refractivity contribution in [2.24, 2.45) is 5.73 Å². The molecule has 1 aliphatic carbocycles. The summed E-state index contributed by atoms with van der Waals surface area (Å²) in [6.45, 7) is 2.02. The molecule has 4 heteroatoms. The summed E-state index contributed by atoms with van der Waals surface area (Å²) in [5, 5.41) is 3.09. The molecule has 2 unspecified atom stereocenters. The van der Waals surface area contributed by atoms with Gasteiger partial charge < -0.3 is 11.1 Å². The monoisotopic (exact) mass is 358 g/mol. The smallest absolute Gasteiger partial charge is 0.241 e. The van der Waals surface area contributed by atoms with Crippen molar-refractivity contribution in [3.8, 4) is 0 Å². The van der Waals surface area contributed by atoms with Gasteiger partial charge in [0.25, 0.3) is 0 Å². The van der Waals surface area contributed by atoms with Gasteiger partial charge in [-0.25, -0.2) is 0 Å². The fraction of sp³-hybridized carbons (Fsp3) is 0.278. The largest absolute Gasteiger partial charge is 0.348 e. The maximum atomic E-state index is 12.4. The topological polar surface area (TPSA) is 55.1 Å². The number of rotatable bonds is 3. The number of amides is 1. The Labute approximate surface area is 139 Å². The molecule has 0 bridgehead atoms. The fourth-order valence-corrected chi connectivity index (χ4v) is 3.53. The van der Waals surface area contributed by atoms with Crippen LogP contribution in [0.25, 0.3) is 0 Å². The van der Waals surface area contributed by atoms with Gasteiger partial charge in [0.2, 0.25) is 5.91 Å². The maximum Gasteiger partial charge on any atom is 0.241 e. The van der Waals surface area contributed by atoms with Crippen molar-refractivity contribution in [2.75, 3.05) is 0 Å². The standard InChI is InChI=1S/C18H19BrN2O/c1-11-5-7-12(8-6-11)17(20)18(22)21-16-10-9-13-14(16)3-2-4-15(13)19/h2-8,16-17H,9-10,20H2,1H3,(H,21,22). The molecule has 0 aromatic heterocycles. The van der Waals surface area contributed by atoms with Crippen LogP contribution >= 0.6 is 15.9 Å². The minimum absolute atomic E-state index is 0.0523. The summed E-state index contributed by atoms with van der Waals surface area (Å²) in [6, 6.07) is 13.3. The minimum Gasteiger partial charge on any atom is -0.348 e. The van der Waals surface area contributed by atoms with Gasteiger partial charge in [-0.15, -0.1) is 0 Å². The number of benzene rings is 2.